The van der Waals surface area contributed by atoms with Gasteiger partial charge in [-0.25, -0.2) is 0 Å². The van der Waals surface area contributed by atoms with Crippen molar-refractivity contribution in [1.29, 1.82) is 0 Å². The number of hydrogen-bond donors (Lipinski definition) is 0. The van der Waals surface area contributed by atoms with Gasteiger partial charge in [0.25, 0.3) is 0 Å². The van der Waals surface area contributed by atoms with Crippen LogP contribution in [-0.2, 0) is 30.2 Å². The van der Waals surface area contributed by atoms with E-state index in [1.807, 2.05) is 0 Å². The zero-order valence-corrected chi connectivity index (χ0v) is 17.1. The molecule has 1 aliphatic heterocycles. The molecule has 0 bridgehead atoms. The van der Waals surface area contributed by atoms with Gasteiger partial charge < -0.3 is 14.2 Å². The van der Waals surface area contributed by atoms with Gasteiger partial charge in [-0.05, 0) is 63.6 Å². The number of Topliss-reactive ketones (excluding diaryl/α,β-unsaturated/α-hetero) is 1. The fraction of sp³-hybridized carbons (Fsp3) is 0.619. The molecule has 0 saturated carbocycles. The van der Waals surface area contributed by atoms with E-state index in [0.717, 1.165) is 38.0 Å². The summed E-state index contributed by atoms with van der Waals surface area (Å²) >= 11 is 1.74. The van der Waals surface area contributed by atoms with Crippen molar-refractivity contribution in [1.82, 2.24) is 0 Å². The number of carbonyl (C=O) groups excluding carboxylic acids is 2. The average Bonchev–Trinajstić information content (AvgIpc) is 2.62. The van der Waals surface area contributed by atoms with E-state index < -0.39 is 5.97 Å². The summed E-state index contributed by atoms with van der Waals surface area (Å²) in [6.07, 6.45) is 4.83. The Labute approximate surface area is 166 Å². The van der Waals surface area contributed by atoms with Crippen LogP contribution in [0.3, 0.4) is 0 Å². The van der Waals surface area contributed by atoms with Crippen LogP contribution in [0.15, 0.2) is 29.2 Å². The van der Waals surface area contributed by atoms with E-state index >= 15 is 0 Å². The molecule has 1 heterocycles. The Morgan fingerprint density at radius 3 is 2.93 bits per heavy atom. The Bertz CT molecular complexity index is 598. The van der Waals surface area contributed by atoms with E-state index in [1.165, 1.54) is 23.8 Å². The van der Waals surface area contributed by atoms with Crippen molar-refractivity contribution in [3.63, 3.8) is 0 Å². The molecule has 0 aliphatic carbocycles. The molecule has 6 heteroatoms. The first-order valence-corrected chi connectivity index (χ1v) is 10.7. The first-order valence-electron chi connectivity index (χ1n) is 9.67. The third-order valence-electron chi connectivity index (χ3n) is 4.16. The van der Waals surface area contributed by atoms with E-state index in [0.29, 0.717) is 6.61 Å². The molecule has 0 N–H and O–H groups in total. The monoisotopic (exact) mass is 394 g/mol. The summed E-state index contributed by atoms with van der Waals surface area (Å²) in [6.45, 7) is 4.63. The minimum absolute atomic E-state index is 0.0583. The Morgan fingerprint density at radius 1 is 1.33 bits per heavy atom. The van der Waals surface area contributed by atoms with E-state index in [1.54, 1.807) is 11.8 Å². The standard InChI is InChI=1S/C21H30O5S/c1-16(22)13-20(23)24-11-6-12-27-19-8-5-7-18(15-19)14-17(2)26-21-9-3-4-10-25-21/h5,7-8,15,17,21H,3-4,6,9-14H2,1-2H3. The van der Waals surface area contributed by atoms with Crippen LogP contribution in [0.2, 0.25) is 0 Å². The molecule has 2 atom stereocenters. The third kappa shape index (κ3) is 9.40. The minimum Gasteiger partial charge on any atom is -0.465 e. The molecule has 1 fully saturated rings. The third-order valence-corrected chi connectivity index (χ3v) is 5.24. The van der Waals surface area contributed by atoms with Crippen molar-refractivity contribution in [3.8, 4) is 0 Å². The summed E-state index contributed by atoms with van der Waals surface area (Å²) < 4.78 is 16.7. The van der Waals surface area contributed by atoms with Crippen LogP contribution in [0.25, 0.3) is 0 Å². The average molecular weight is 395 g/mol. The molecule has 1 saturated heterocycles. The van der Waals surface area contributed by atoms with Crippen LogP contribution in [0.5, 0.6) is 0 Å². The topological polar surface area (TPSA) is 61.8 Å². The lowest BCUT2D eigenvalue weighted by Crippen LogP contribution is -2.27. The highest BCUT2D eigenvalue weighted by Crippen LogP contribution is 2.22. The molecular formula is C21H30O5S. The highest BCUT2D eigenvalue weighted by molar-refractivity contribution is 7.99. The normalized spacial score (nSPS) is 18.1. The molecule has 150 valence electrons. The second-order valence-corrected chi connectivity index (χ2v) is 8.06. The number of benzene rings is 1. The molecule has 2 unspecified atom stereocenters. The number of esters is 1. The fourth-order valence-corrected chi connectivity index (χ4v) is 3.82. The Morgan fingerprint density at radius 2 is 2.19 bits per heavy atom. The number of carbonyl (C=O) groups is 2. The predicted molar refractivity (Wildman–Crippen MR) is 106 cm³/mol. The number of ketones is 1. The van der Waals surface area contributed by atoms with Gasteiger partial charge in [-0.2, -0.15) is 0 Å². The largest absolute Gasteiger partial charge is 0.465 e. The number of thioether (sulfide) groups is 1. The minimum atomic E-state index is -0.439. The predicted octanol–water partition coefficient (Wildman–Crippen LogP) is 4.17. The van der Waals surface area contributed by atoms with Crippen molar-refractivity contribution < 1.29 is 23.8 Å². The summed E-state index contributed by atoms with van der Waals surface area (Å²) in [4.78, 5) is 23.3. The lowest BCUT2D eigenvalue weighted by molar-refractivity contribution is -0.183. The fourth-order valence-electron chi connectivity index (χ4n) is 2.91. The van der Waals surface area contributed by atoms with Gasteiger partial charge in [0.1, 0.15) is 12.2 Å². The van der Waals surface area contributed by atoms with Crippen molar-refractivity contribution in [2.24, 2.45) is 0 Å². The van der Waals surface area contributed by atoms with Crippen molar-refractivity contribution in [3.05, 3.63) is 29.8 Å². The summed E-state index contributed by atoms with van der Waals surface area (Å²) in [6, 6.07) is 8.46. The molecule has 0 amide bonds. The number of hydrogen-bond acceptors (Lipinski definition) is 6. The summed E-state index contributed by atoms with van der Waals surface area (Å²) in [7, 11) is 0. The molecule has 0 aromatic heterocycles. The Hall–Kier alpha value is -1.37. The van der Waals surface area contributed by atoms with Crippen LogP contribution in [0.1, 0.15) is 51.5 Å². The van der Waals surface area contributed by atoms with Gasteiger partial charge in [-0.15, -0.1) is 11.8 Å². The molecule has 1 aliphatic rings. The maximum absolute atomic E-state index is 11.3. The van der Waals surface area contributed by atoms with E-state index in [4.69, 9.17) is 14.2 Å². The molecule has 0 radical (unpaired) electrons. The quantitative estimate of drug-likeness (QED) is 0.243. The summed E-state index contributed by atoms with van der Waals surface area (Å²) in [5, 5.41) is 0. The number of ether oxygens (including phenoxy) is 3. The van der Waals surface area contributed by atoms with Crippen molar-refractivity contribution >= 4 is 23.5 Å². The SMILES string of the molecule is CC(=O)CC(=O)OCCCSc1cccc(CC(C)OC2CCCCO2)c1. The molecule has 27 heavy (non-hydrogen) atoms. The maximum Gasteiger partial charge on any atom is 0.313 e. The second-order valence-electron chi connectivity index (χ2n) is 6.90. The molecule has 5 nitrogen and oxygen atoms in total. The van der Waals surface area contributed by atoms with E-state index in [2.05, 4.69) is 31.2 Å². The molecule has 0 spiro atoms. The lowest BCUT2D eigenvalue weighted by atomic mass is 10.1. The van der Waals surface area contributed by atoms with Gasteiger partial charge in [0, 0.05) is 17.3 Å². The van der Waals surface area contributed by atoms with Gasteiger partial charge in [-0.3, -0.25) is 9.59 Å². The second kappa shape index (κ2) is 12.2. The lowest BCUT2D eigenvalue weighted by Gasteiger charge is -2.26. The van der Waals surface area contributed by atoms with Crippen LogP contribution in [-0.4, -0.2) is 43.1 Å². The molecular weight excluding hydrogens is 364 g/mol. The van der Waals surface area contributed by atoms with Crippen LogP contribution in [0, 0.1) is 0 Å². The first kappa shape index (κ1) is 21.9. The van der Waals surface area contributed by atoms with Crippen LogP contribution >= 0.6 is 11.8 Å². The van der Waals surface area contributed by atoms with Gasteiger partial charge in [0.15, 0.2) is 6.29 Å². The Kier molecular flexibility index (Phi) is 9.87. The van der Waals surface area contributed by atoms with E-state index in [9.17, 15) is 9.59 Å². The maximum atomic E-state index is 11.3. The zero-order valence-electron chi connectivity index (χ0n) is 16.3. The molecule has 1 aromatic carbocycles. The molecule has 1 aromatic rings. The van der Waals surface area contributed by atoms with E-state index in [-0.39, 0.29) is 24.6 Å². The van der Waals surface area contributed by atoms with Gasteiger partial charge >= 0.3 is 5.97 Å². The van der Waals surface area contributed by atoms with Gasteiger partial charge in [0.2, 0.25) is 0 Å². The highest BCUT2D eigenvalue weighted by Gasteiger charge is 2.17. The molecule has 2 rings (SSSR count). The highest BCUT2D eigenvalue weighted by atomic mass is 32.2. The first-order chi connectivity index (χ1) is 13.0. The summed E-state index contributed by atoms with van der Waals surface area (Å²) in [5.41, 5.74) is 1.25. The Balaban J connectivity index is 1.66. The summed E-state index contributed by atoms with van der Waals surface area (Å²) in [5.74, 6) is 0.253. The zero-order chi connectivity index (χ0) is 19.5. The number of rotatable bonds is 11. The van der Waals surface area contributed by atoms with Crippen molar-refractivity contribution in [2.75, 3.05) is 19.0 Å². The van der Waals surface area contributed by atoms with Crippen molar-refractivity contribution in [2.45, 2.75) is 69.7 Å². The van der Waals surface area contributed by atoms with Crippen LogP contribution < -0.4 is 0 Å². The smallest absolute Gasteiger partial charge is 0.313 e. The van der Waals surface area contributed by atoms with Gasteiger partial charge in [0.05, 0.1) is 12.7 Å². The van der Waals surface area contributed by atoms with Gasteiger partial charge in [-0.1, -0.05) is 12.1 Å². The van der Waals surface area contributed by atoms with Crippen LogP contribution in [0.4, 0.5) is 0 Å².